The summed E-state index contributed by atoms with van der Waals surface area (Å²) >= 11 is 3.62. The lowest BCUT2D eigenvalue weighted by Crippen LogP contribution is -2.31. The number of halogens is 1. The number of thioether (sulfide) groups is 1. The first-order valence-electron chi connectivity index (χ1n) is 11.4. The third-order valence-electron chi connectivity index (χ3n) is 5.65. The van der Waals surface area contributed by atoms with Gasteiger partial charge in [0.2, 0.25) is 10.9 Å². The van der Waals surface area contributed by atoms with Crippen LogP contribution in [0.3, 0.4) is 0 Å². The number of carbonyl (C=O) groups excluding carboxylic acids is 2. The molecule has 1 N–H and O–H groups in total. The van der Waals surface area contributed by atoms with Gasteiger partial charge in [0.15, 0.2) is 10.1 Å². The third-order valence-corrected chi connectivity index (χ3v) is 8.62. The van der Waals surface area contributed by atoms with Gasteiger partial charge in [-0.25, -0.2) is 4.39 Å². The van der Waals surface area contributed by atoms with Crippen LogP contribution < -0.4 is 9.64 Å². The van der Waals surface area contributed by atoms with Gasteiger partial charge in [-0.05, 0) is 40.8 Å². The van der Waals surface area contributed by atoms with Gasteiger partial charge in [-0.1, -0.05) is 72.2 Å². The number of ketones is 1. The molecule has 2 aromatic heterocycles. The van der Waals surface area contributed by atoms with E-state index in [1.807, 2.05) is 0 Å². The molecule has 0 aliphatic carbocycles. The van der Waals surface area contributed by atoms with Crippen molar-refractivity contribution in [1.82, 2.24) is 10.2 Å². The predicted octanol–water partition coefficient (Wildman–Crippen LogP) is 6.38. The second-order valence-corrected chi connectivity index (χ2v) is 11.2. The minimum absolute atomic E-state index is 0.0471. The topological polar surface area (TPSA) is 92.6 Å². The first kappa shape index (κ1) is 25.8. The first-order chi connectivity index (χ1) is 18.5. The second-order valence-electron chi connectivity index (χ2n) is 8.05. The molecular weight excluding hydrogens is 546 g/mol. The lowest BCUT2D eigenvalue weighted by Gasteiger charge is -2.24. The minimum atomic E-state index is -0.957. The van der Waals surface area contributed by atoms with Gasteiger partial charge in [-0.3, -0.25) is 14.5 Å². The smallest absolute Gasteiger partial charge is 0.296 e. The number of hydrogen-bond donors (Lipinski definition) is 1. The van der Waals surface area contributed by atoms with Crippen LogP contribution in [-0.2, 0) is 10.5 Å². The molecule has 7 nitrogen and oxygen atoms in total. The fourth-order valence-corrected chi connectivity index (χ4v) is 6.46. The summed E-state index contributed by atoms with van der Waals surface area (Å²) in [5.41, 5.74) is 1.03. The summed E-state index contributed by atoms with van der Waals surface area (Å²) in [6.07, 6.45) is 1.61. The van der Waals surface area contributed by atoms with E-state index in [9.17, 15) is 19.1 Å². The van der Waals surface area contributed by atoms with Crippen LogP contribution in [0.15, 0.2) is 94.4 Å². The van der Waals surface area contributed by atoms with Crippen LogP contribution in [0, 0.1) is 5.82 Å². The molecule has 5 rings (SSSR count). The fourth-order valence-electron chi connectivity index (χ4n) is 3.93. The molecule has 11 heteroatoms. The number of benzene rings is 2. The van der Waals surface area contributed by atoms with E-state index in [1.54, 1.807) is 66.1 Å². The van der Waals surface area contributed by atoms with E-state index >= 15 is 0 Å². The fraction of sp³-hybridized carbons (Fsp3) is 0.111. The average Bonchev–Trinajstić information content (AvgIpc) is 3.68. The van der Waals surface area contributed by atoms with Gasteiger partial charge >= 0.3 is 0 Å². The lowest BCUT2D eigenvalue weighted by molar-refractivity contribution is -0.117. The molecule has 0 fully saturated rings. The molecule has 192 valence electrons. The Bertz CT molecular complexity index is 1530. The highest BCUT2D eigenvalue weighted by Gasteiger charge is 2.46. The summed E-state index contributed by atoms with van der Waals surface area (Å²) in [6.45, 7) is 3.93. The molecule has 1 aliphatic rings. The van der Waals surface area contributed by atoms with Gasteiger partial charge in [0.25, 0.3) is 5.91 Å². The van der Waals surface area contributed by atoms with E-state index < -0.39 is 23.5 Å². The zero-order valence-electron chi connectivity index (χ0n) is 19.7. The maximum absolute atomic E-state index is 14.0. The summed E-state index contributed by atoms with van der Waals surface area (Å²) in [5, 5.41) is 21.2. The Hall–Kier alpha value is -3.80. The first-order valence-corrected chi connectivity index (χ1v) is 14.0. The van der Waals surface area contributed by atoms with E-state index in [1.165, 1.54) is 34.1 Å². The molecule has 1 amide bonds. The number of hydrogen-bond acceptors (Lipinski definition) is 9. The van der Waals surface area contributed by atoms with Crippen molar-refractivity contribution in [2.75, 3.05) is 11.5 Å². The molecule has 0 saturated carbocycles. The molecule has 38 heavy (non-hydrogen) atoms. The van der Waals surface area contributed by atoms with E-state index in [2.05, 4.69) is 16.8 Å². The highest BCUT2D eigenvalue weighted by Crippen LogP contribution is 2.44. The molecule has 1 atom stereocenters. The molecule has 0 bridgehead atoms. The lowest BCUT2D eigenvalue weighted by atomic mass is 9.95. The van der Waals surface area contributed by atoms with E-state index in [-0.39, 0.29) is 23.1 Å². The molecule has 3 heterocycles. The number of rotatable bonds is 10. The number of Topliss-reactive ketones (excluding diaryl/α,β-unsaturated/α-hetero) is 1. The molecular formula is C27H20FN3O4S3. The predicted molar refractivity (Wildman–Crippen MR) is 147 cm³/mol. The largest absolute Gasteiger partial charge is 0.503 e. The van der Waals surface area contributed by atoms with Crippen molar-refractivity contribution in [2.45, 2.75) is 16.1 Å². The number of ether oxygens (including phenoxy) is 1. The van der Waals surface area contributed by atoms with Crippen molar-refractivity contribution in [2.24, 2.45) is 0 Å². The number of aliphatic hydroxyl groups excluding tert-OH is 1. The Morgan fingerprint density at radius 2 is 2.03 bits per heavy atom. The molecule has 4 aromatic rings. The molecule has 0 saturated heterocycles. The number of carbonyl (C=O) groups is 2. The van der Waals surface area contributed by atoms with Gasteiger partial charge in [-0.2, -0.15) is 0 Å². The molecule has 0 spiro atoms. The zero-order chi connectivity index (χ0) is 26.6. The Balaban J connectivity index is 1.50. The van der Waals surface area contributed by atoms with Crippen molar-refractivity contribution in [3.63, 3.8) is 0 Å². The number of thiophene rings is 1. The Labute approximate surface area is 229 Å². The van der Waals surface area contributed by atoms with Crippen molar-refractivity contribution >= 4 is 51.3 Å². The molecule has 1 unspecified atom stereocenters. The summed E-state index contributed by atoms with van der Waals surface area (Å²) in [5.74, 6) is -1.32. The van der Waals surface area contributed by atoms with Crippen molar-refractivity contribution < 1.29 is 23.8 Å². The highest BCUT2D eigenvalue weighted by molar-refractivity contribution is 8.00. The average molecular weight is 566 g/mol. The normalized spacial score (nSPS) is 15.2. The van der Waals surface area contributed by atoms with Crippen LogP contribution in [0.5, 0.6) is 5.75 Å². The van der Waals surface area contributed by atoms with E-state index in [4.69, 9.17) is 4.74 Å². The Morgan fingerprint density at radius 3 is 2.79 bits per heavy atom. The number of amides is 1. The van der Waals surface area contributed by atoms with Crippen LogP contribution in [0.1, 0.15) is 26.8 Å². The maximum atomic E-state index is 14.0. The molecule has 0 radical (unpaired) electrons. The zero-order valence-corrected chi connectivity index (χ0v) is 22.2. The van der Waals surface area contributed by atoms with Gasteiger partial charge < -0.3 is 9.84 Å². The van der Waals surface area contributed by atoms with Crippen molar-refractivity contribution in [3.05, 3.63) is 112 Å². The summed E-state index contributed by atoms with van der Waals surface area (Å²) in [7, 11) is 0. The standard InChI is InChI=1S/C27H20FN3O4S3/c1-2-12-35-18-9-5-8-16(14-18)22-21(23(32)20-11-6-13-36-20)24(33)25(34)31(22)26-29-30-27(38-26)37-15-17-7-3-4-10-19(17)28/h2-11,13-14,22,33H,1,12,15H2. The Kier molecular flexibility index (Phi) is 7.68. The molecule has 2 aromatic carbocycles. The number of aromatic nitrogens is 2. The summed E-state index contributed by atoms with van der Waals surface area (Å²) < 4.78 is 20.2. The second kappa shape index (κ2) is 11.3. The van der Waals surface area contributed by atoms with Crippen molar-refractivity contribution in [1.29, 1.82) is 0 Å². The van der Waals surface area contributed by atoms with Crippen LogP contribution in [0.4, 0.5) is 9.52 Å². The van der Waals surface area contributed by atoms with Crippen LogP contribution in [0.25, 0.3) is 0 Å². The Morgan fingerprint density at radius 1 is 1.18 bits per heavy atom. The van der Waals surface area contributed by atoms with Gasteiger partial charge in [0.05, 0.1) is 16.5 Å². The SMILES string of the molecule is C=CCOc1cccc(C2C(C(=O)c3cccs3)=C(O)C(=O)N2c2nnc(SCc3ccccc3F)s2)c1. The number of aliphatic hydroxyl groups is 1. The number of nitrogens with zero attached hydrogens (tertiary/aromatic N) is 3. The van der Waals surface area contributed by atoms with Crippen LogP contribution in [-0.4, -0.2) is 33.6 Å². The van der Waals surface area contributed by atoms with E-state index in [0.717, 1.165) is 11.3 Å². The summed E-state index contributed by atoms with van der Waals surface area (Å²) in [6, 6.07) is 15.8. The molecule has 1 aliphatic heterocycles. The monoisotopic (exact) mass is 565 g/mol. The van der Waals surface area contributed by atoms with Gasteiger partial charge in [-0.15, -0.1) is 21.5 Å². The van der Waals surface area contributed by atoms with Crippen LogP contribution >= 0.6 is 34.4 Å². The highest BCUT2D eigenvalue weighted by atomic mass is 32.2. The van der Waals surface area contributed by atoms with Crippen molar-refractivity contribution in [3.8, 4) is 5.75 Å². The summed E-state index contributed by atoms with van der Waals surface area (Å²) in [4.78, 5) is 28.5. The van der Waals surface area contributed by atoms with E-state index in [0.29, 0.717) is 31.8 Å². The quantitative estimate of drug-likeness (QED) is 0.103. The van der Waals surface area contributed by atoms with Gasteiger partial charge in [0, 0.05) is 5.75 Å². The van der Waals surface area contributed by atoms with Crippen LogP contribution in [0.2, 0.25) is 0 Å². The van der Waals surface area contributed by atoms with Gasteiger partial charge in [0.1, 0.15) is 18.2 Å². The minimum Gasteiger partial charge on any atom is -0.503 e. The maximum Gasteiger partial charge on any atom is 0.296 e. The third kappa shape index (κ3) is 5.13. The number of anilines is 1.